The second-order valence-electron chi connectivity index (χ2n) is 5.81. The highest BCUT2D eigenvalue weighted by atomic mass is 35.5. The quantitative estimate of drug-likeness (QED) is 0.724. The van der Waals surface area contributed by atoms with E-state index in [0.717, 1.165) is 11.3 Å². The molecule has 0 radical (unpaired) electrons. The van der Waals surface area contributed by atoms with Crippen molar-refractivity contribution in [3.05, 3.63) is 76.8 Å². The number of hydrogen-bond acceptors (Lipinski definition) is 4. The Morgan fingerprint density at radius 1 is 1.15 bits per heavy atom. The number of aryl methyl sites for hydroxylation is 1. The van der Waals surface area contributed by atoms with Crippen LogP contribution in [0.25, 0.3) is 5.69 Å². The SMILES string of the molecule is Cc1nc(C(=O)N(CCO)Cc2ccccc2)nn1-c1ccc(Cl)cc1. The fourth-order valence-corrected chi connectivity index (χ4v) is 2.75. The Morgan fingerprint density at radius 2 is 1.85 bits per heavy atom. The molecule has 0 saturated carbocycles. The normalized spacial score (nSPS) is 10.7. The van der Waals surface area contributed by atoms with Gasteiger partial charge in [-0.2, -0.15) is 0 Å². The number of carbonyl (C=O) groups excluding carboxylic acids is 1. The van der Waals surface area contributed by atoms with Crippen molar-refractivity contribution >= 4 is 17.5 Å². The number of aliphatic hydroxyl groups is 1. The van der Waals surface area contributed by atoms with Gasteiger partial charge in [-0.3, -0.25) is 4.79 Å². The van der Waals surface area contributed by atoms with E-state index in [1.165, 1.54) is 4.90 Å². The van der Waals surface area contributed by atoms with E-state index in [2.05, 4.69) is 10.1 Å². The highest BCUT2D eigenvalue weighted by molar-refractivity contribution is 6.30. The fraction of sp³-hybridized carbons (Fsp3) is 0.211. The number of carbonyl (C=O) groups is 1. The molecule has 0 aliphatic carbocycles. The lowest BCUT2D eigenvalue weighted by Gasteiger charge is -2.20. The van der Waals surface area contributed by atoms with Crippen molar-refractivity contribution in [2.24, 2.45) is 0 Å². The van der Waals surface area contributed by atoms with Crippen molar-refractivity contribution in [2.75, 3.05) is 13.2 Å². The molecule has 0 aliphatic rings. The summed E-state index contributed by atoms with van der Waals surface area (Å²) in [5.74, 6) is 0.375. The van der Waals surface area contributed by atoms with Crippen LogP contribution in [-0.4, -0.2) is 43.8 Å². The molecule has 2 aromatic carbocycles. The van der Waals surface area contributed by atoms with E-state index in [1.54, 1.807) is 23.7 Å². The topological polar surface area (TPSA) is 71.2 Å². The Hall–Kier alpha value is -2.70. The van der Waals surface area contributed by atoms with E-state index in [-0.39, 0.29) is 24.9 Å². The minimum Gasteiger partial charge on any atom is -0.395 e. The first-order valence-corrected chi connectivity index (χ1v) is 8.60. The predicted molar refractivity (Wildman–Crippen MR) is 99.4 cm³/mol. The molecule has 0 unspecified atom stereocenters. The summed E-state index contributed by atoms with van der Waals surface area (Å²) in [6, 6.07) is 16.7. The maximum absolute atomic E-state index is 12.8. The van der Waals surface area contributed by atoms with Crippen LogP contribution in [-0.2, 0) is 6.54 Å². The zero-order valence-corrected chi connectivity index (χ0v) is 15.1. The Balaban J connectivity index is 1.85. The van der Waals surface area contributed by atoms with Crippen LogP contribution in [0.4, 0.5) is 0 Å². The second-order valence-corrected chi connectivity index (χ2v) is 6.24. The van der Waals surface area contributed by atoms with Crippen LogP contribution in [0.2, 0.25) is 5.02 Å². The fourth-order valence-electron chi connectivity index (χ4n) is 2.63. The first-order chi connectivity index (χ1) is 12.6. The van der Waals surface area contributed by atoms with Gasteiger partial charge in [-0.05, 0) is 36.8 Å². The second kappa shape index (κ2) is 8.12. The summed E-state index contributed by atoms with van der Waals surface area (Å²) < 4.78 is 1.60. The number of hydrogen-bond donors (Lipinski definition) is 1. The van der Waals surface area contributed by atoms with Gasteiger partial charge < -0.3 is 10.0 Å². The molecule has 1 N–H and O–H groups in total. The molecule has 134 valence electrons. The van der Waals surface area contributed by atoms with Crippen LogP contribution < -0.4 is 0 Å². The van der Waals surface area contributed by atoms with Crippen LogP contribution in [0.3, 0.4) is 0 Å². The van der Waals surface area contributed by atoms with Gasteiger partial charge in [-0.25, -0.2) is 9.67 Å². The van der Waals surface area contributed by atoms with E-state index < -0.39 is 0 Å². The lowest BCUT2D eigenvalue weighted by Crippen LogP contribution is -2.33. The van der Waals surface area contributed by atoms with E-state index >= 15 is 0 Å². The van der Waals surface area contributed by atoms with Crippen LogP contribution >= 0.6 is 11.6 Å². The molecule has 1 heterocycles. The number of amides is 1. The van der Waals surface area contributed by atoms with Crippen molar-refractivity contribution in [1.82, 2.24) is 19.7 Å². The average Bonchev–Trinajstić information content (AvgIpc) is 3.04. The van der Waals surface area contributed by atoms with Crippen LogP contribution in [0.15, 0.2) is 54.6 Å². The smallest absolute Gasteiger partial charge is 0.293 e. The van der Waals surface area contributed by atoms with E-state index in [9.17, 15) is 9.90 Å². The molecular weight excluding hydrogens is 352 g/mol. The van der Waals surface area contributed by atoms with Crippen molar-refractivity contribution in [3.8, 4) is 5.69 Å². The van der Waals surface area contributed by atoms with Crippen molar-refractivity contribution < 1.29 is 9.90 Å². The van der Waals surface area contributed by atoms with Crippen LogP contribution in [0.5, 0.6) is 0 Å². The number of rotatable bonds is 6. The summed E-state index contributed by atoms with van der Waals surface area (Å²) in [4.78, 5) is 18.7. The summed E-state index contributed by atoms with van der Waals surface area (Å²) in [5.41, 5.74) is 1.75. The Morgan fingerprint density at radius 3 is 2.50 bits per heavy atom. The zero-order valence-electron chi connectivity index (χ0n) is 14.3. The van der Waals surface area contributed by atoms with Gasteiger partial charge in [0.2, 0.25) is 5.82 Å². The third-order valence-corrected chi connectivity index (χ3v) is 4.16. The number of aliphatic hydroxyl groups excluding tert-OH is 1. The molecule has 26 heavy (non-hydrogen) atoms. The Kier molecular flexibility index (Phi) is 5.65. The van der Waals surface area contributed by atoms with Gasteiger partial charge in [0.25, 0.3) is 5.91 Å². The molecule has 0 aliphatic heterocycles. The molecule has 3 aromatic rings. The molecule has 1 aromatic heterocycles. The van der Waals surface area contributed by atoms with E-state index in [4.69, 9.17) is 11.6 Å². The summed E-state index contributed by atoms with van der Waals surface area (Å²) in [7, 11) is 0. The minimum absolute atomic E-state index is 0.0989. The molecule has 7 heteroatoms. The van der Waals surface area contributed by atoms with Crippen molar-refractivity contribution in [2.45, 2.75) is 13.5 Å². The zero-order chi connectivity index (χ0) is 18.5. The lowest BCUT2D eigenvalue weighted by atomic mass is 10.2. The Labute approximate surface area is 156 Å². The molecular formula is C19H19ClN4O2. The van der Waals surface area contributed by atoms with Crippen molar-refractivity contribution in [1.29, 1.82) is 0 Å². The number of aromatic nitrogens is 3. The van der Waals surface area contributed by atoms with E-state index in [0.29, 0.717) is 17.4 Å². The van der Waals surface area contributed by atoms with Gasteiger partial charge in [0.05, 0.1) is 12.3 Å². The summed E-state index contributed by atoms with van der Waals surface area (Å²) in [5, 5.41) is 14.3. The maximum Gasteiger partial charge on any atom is 0.293 e. The molecule has 0 fully saturated rings. The highest BCUT2D eigenvalue weighted by Gasteiger charge is 2.21. The largest absolute Gasteiger partial charge is 0.395 e. The third kappa shape index (κ3) is 4.09. The van der Waals surface area contributed by atoms with Gasteiger partial charge >= 0.3 is 0 Å². The van der Waals surface area contributed by atoms with Crippen LogP contribution in [0.1, 0.15) is 22.0 Å². The number of halogens is 1. The maximum atomic E-state index is 12.8. The molecule has 3 rings (SSSR count). The molecule has 0 atom stereocenters. The van der Waals surface area contributed by atoms with Gasteiger partial charge in [-0.1, -0.05) is 41.9 Å². The molecule has 6 nitrogen and oxygen atoms in total. The highest BCUT2D eigenvalue weighted by Crippen LogP contribution is 2.15. The summed E-state index contributed by atoms with van der Waals surface area (Å²) >= 11 is 5.92. The third-order valence-electron chi connectivity index (χ3n) is 3.90. The summed E-state index contributed by atoms with van der Waals surface area (Å²) in [6.45, 7) is 2.25. The average molecular weight is 371 g/mol. The molecule has 0 bridgehead atoms. The number of nitrogens with zero attached hydrogens (tertiary/aromatic N) is 4. The summed E-state index contributed by atoms with van der Waals surface area (Å²) in [6.07, 6.45) is 0. The first kappa shape index (κ1) is 18.1. The van der Waals surface area contributed by atoms with E-state index in [1.807, 2.05) is 42.5 Å². The molecule has 0 saturated heterocycles. The molecule has 0 spiro atoms. The Bertz CT molecular complexity index is 878. The van der Waals surface area contributed by atoms with Crippen molar-refractivity contribution in [3.63, 3.8) is 0 Å². The van der Waals surface area contributed by atoms with Gasteiger partial charge in [0, 0.05) is 18.1 Å². The first-order valence-electron chi connectivity index (χ1n) is 8.22. The standard InChI is InChI=1S/C19H19ClN4O2/c1-14-21-18(22-24(14)17-9-7-16(20)8-10-17)19(26)23(11-12-25)13-15-5-3-2-4-6-15/h2-10,25H,11-13H2,1H3. The number of benzene rings is 2. The molecule has 1 amide bonds. The van der Waals surface area contributed by atoms with Crippen LogP contribution in [0, 0.1) is 6.92 Å². The monoisotopic (exact) mass is 370 g/mol. The van der Waals surface area contributed by atoms with Gasteiger partial charge in [0.15, 0.2) is 0 Å². The lowest BCUT2D eigenvalue weighted by molar-refractivity contribution is 0.0695. The van der Waals surface area contributed by atoms with Gasteiger partial charge in [-0.15, -0.1) is 5.10 Å². The predicted octanol–water partition coefficient (Wildman–Crippen LogP) is 2.86. The van der Waals surface area contributed by atoms with Gasteiger partial charge in [0.1, 0.15) is 5.82 Å². The minimum atomic E-state index is -0.321.